The summed E-state index contributed by atoms with van der Waals surface area (Å²) >= 11 is 0. The normalized spacial score (nSPS) is 19.2. The Balaban J connectivity index is 2.11. The highest BCUT2D eigenvalue weighted by Crippen LogP contribution is 2.22. The van der Waals surface area contributed by atoms with Gasteiger partial charge in [0.05, 0.1) is 6.33 Å². The van der Waals surface area contributed by atoms with Crippen molar-refractivity contribution in [2.24, 2.45) is 7.05 Å². The Kier molecular flexibility index (Phi) is 3.83. The van der Waals surface area contributed by atoms with E-state index in [4.69, 9.17) is 4.74 Å². The zero-order valence-corrected chi connectivity index (χ0v) is 12.4. The third kappa shape index (κ3) is 3.18. The zero-order chi connectivity index (χ0) is 14.9. The van der Waals surface area contributed by atoms with Crippen LogP contribution < -0.4 is 0 Å². The molecule has 0 aliphatic carbocycles. The van der Waals surface area contributed by atoms with Gasteiger partial charge in [-0.3, -0.25) is 4.79 Å². The Bertz CT molecular complexity index is 516. The van der Waals surface area contributed by atoms with Crippen LogP contribution in [0.2, 0.25) is 0 Å². The number of carbonyl (C=O) groups excluding carboxylic acids is 2. The molecule has 0 unspecified atom stereocenters. The lowest BCUT2D eigenvalue weighted by molar-refractivity contribution is -0.159. The molecular weight excluding hydrogens is 258 g/mol. The number of rotatable bonds is 2. The van der Waals surface area contributed by atoms with E-state index in [2.05, 4.69) is 4.98 Å². The molecule has 1 aliphatic rings. The molecule has 110 valence electrons. The fourth-order valence-electron chi connectivity index (χ4n) is 2.30. The van der Waals surface area contributed by atoms with Crippen LogP contribution in [0.3, 0.4) is 0 Å². The average Bonchev–Trinajstić information content (AvgIpc) is 2.93. The first-order valence-electron chi connectivity index (χ1n) is 6.80. The van der Waals surface area contributed by atoms with Gasteiger partial charge in [-0.1, -0.05) is 0 Å². The number of nitrogens with zero attached hydrogens (tertiary/aromatic N) is 3. The minimum absolute atomic E-state index is 0.209. The van der Waals surface area contributed by atoms with Crippen molar-refractivity contribution in [3.05, 3.63) is 18.2 Å². The van der Waals surface area contributed by atoms with E-state index in [1.807, 2.05) is 20.8 Å². The maximum absolute atomic E-state index is 12.4. The van der Waals surface area contributed by atoms with Gasteiger partial charge in [0, 0.05) is 19.8 Å². The maximum Gasteiger partial charge on any atom is 0.329 e. The SMILES string of the molecule is Cn1cnc(C(=O)N2CCC[C@@H]2C(=O)OC(C)(C)C)c1. The van der Waals surface area contributed by atoms with Crippen LogP contribution in [0.15, 0.2) is 12.5 Å². The topological polar surface area (TPSA) is 64.4 Å². The van der Waals surface area contributed by atoms with Crippen LogP contribution in [0, 0.1) is 0 Å². The average molecular weight is 279 g/mol. The number of aromatic nitrogens is 2. The summed E-state index contributed by atoms with van der Waals surface area (Å²) in [4.78, 5) is 30.2. The van der Waals surface area contributed by atoms with Gasteiger partial charge < -0.3 is 14.2 Å². The van der Waals surface area contributed by atoms with Crippen LogP contribution in [0.1, 0.15) is 44.1 Å². The van der Waals surface area contributed by atoms with Gasteiger partial charge in [0.15, 0.2) is 0 Å². The Morgan fingerprint density at radius 3 is 2.65 bits per heavy atom. The molecule has 2 heterocycles. The number of amides is 1. The summed E-state index contributed by atoms with van der Waals surface area (Å²) in [6.07, 6.45) is 4.69. The van der Waals surface area contributed by atoms with Gasteiger partial charge in [-0.15, -0.1) is 0 Å². The second-order valence-corrected chi connectivity index (χ2v) is 6.11. The van der Waals surface area contributed by atoms with Crippen molar-refractivity contribution in [3.63, 3.8) is 0 Å². The molecule has 6 nitrogen and oxygen atoms in total. The van der Waals surface area contributed by atoms with Crippen LogP contribution in [-0.2, 0) is 16.6 Å². The number of aryl methyl sites for hydroxylation is 1. The summed E-state index contributed by atoms with van der Waals surface area (Å²) in [5.74, 6) is -0.543. The summed E-state index contributed by atoms with van der Waals surface area (Å²) in [5.41, 5.74) is -0.178. The van der Waals surface area contributed by atoms with Gasteiger partial charge in [0.1, 0.15) is 17.3 Å². The summed E-state index contributed by atoms with van der Waals surface area (Å²) in [5, 5.41) is 0. The van der Waals surface area contributed by atoms with Gasteiger partial charge >= 0.3 is 5.97 Å². The number of carbonyl (C=O) groups is 2. The number of esters is 1. The summed E-state index contributed by atoms with van der Waals surface area (Å²) < 4.78 is 7.10. The largest absolute Gasteiger partial charge is 0.458 e. The number of hydrogen-bond donors (Lipinski definition) is 0. The number of likely N-dealkylation sites (tertiary alicyclic amines) is 1. The molecule has 20 heavy (non-hydrogen) atoms. The number of hydrogen-bond acceptors (Lipinski definition) is 4. The third-order valence-corrected chi connectivity index (χ3v) is 3.12. The van der Waals surface area contributed by atoms with Gasteiger partial charge in [0.2, 0.25) is 0 Å². The fraction of sp³-hybridized carbons (Fsp3) is 0.643. The molecule has 2 rings (SSSR count). The third-order valence-electron chi connectivity index (χ3n) is 3.12. The molecule has 1 atom stereocenters. The molecule has 0 bridgehead atoms. The van der Waals surface area contributed by atoms with Crippen molar-refractivity contribution in [1.29, 1.82) is 0 Å². The van der Waals surface area contributed by atoms with Gasteiger partial charge in [-0.2, -0.15) is 0 Å². The highest BCUT2D eigenvalue weighted by atomic mass is 16.6. The highest BCUT2D eigenvalue weighted by molar-refractivity contribution is 5.95. The molecule has 0 N–H and O–H groups in total. The molecule has 0 spiro atoms. The highest BCUT2D eigenvalue weighted by Gasteiger charge is 2.37. The van der Waals surface area contributed by atoms with Crippen LogP contribution in [0.25, 0.3) is 0 Å². The molecule has 1 fully saturated rings. The molecule has 1 aromatic rings. The smallest absolute Gasteiger partial charge is 0.329 e. The molecule has 6 heteroatoms. The lowest BCUT2D eigenvalue weighted by atomic mass is 10.1. The first-order chi connectivity index (χ1) is 9.28. The lowest BCUT2D eigenvalue weighted by Crippen LogP contribution is -2.43. The van der Waals surface area contributed by atoms with Gasteiger partial charge in [0.25, 0.3) is 5.91 Å². The fourth-order valence-corrected chi connectivity index (χ4v) is 2.30. The standard InChI is InChI=1S/C14H21N3O3/c1-14(2,3)20-13(19)11-6-5-7-17(11)12(18)10-8-16(4)9-15-10/h8-9,11H,5-7H2,1-4H3/t11-/m1/s1. The second-order valence-electron chi connectivity index (χ2n) is 6.11. The molecule has 0 radical (unpaired) electrons. The van der Waals surface area contributed by atoms with Crippen molar-refractivity contribution >= 4 is 11.9 Å². The summed E-state index contributed by atoms with van der Waals surface area (Å²) in [7, 11) is 1.80. The predicted octanol–water partition coefficient (Wildman–Crippen LogP) is 1.37. The monoisotopic (exact) mass is 279 g/mol. The first-order valence-corrected chi connectivity index (χ1v) is 6.80. The molecule has 1 saturated heterocycles. The van der Waals surface area contributed by atoms with Gasteiger partial charge in [-0.25, -0.2) is 9.78 Å². The number of ether oxygens (including phenoxy) is 1. The minimum Gasteiger partial charge on any atom is -0.458 e. The van der Waals surface area contributed by atoms with E-state index in [0.717, 1.165) is 6.42 Å². The van der Waals surface area contributed by atoms with Crippen molar-refractivity contribution < 1.29 is 14.3 Å². The van der Waals surface area contributed by atoms with E-state index < -0.39 is 11.6 Å². The quantitative estimate of drug-likeness (QED) is 0.767. The Labute approximate surface area is 118 Å². The summed E-state index contributed by atoms with van der Waals surface area (Å²) in [6, 6.07) is -0.497. The molecule has 0 aromatic carbocycles. The summed E-state index contributed by atoms with van der Waals surface area (Å²) in [6.45, 7) is 6.04. The maximum atomic E-state index is 12.4. The van der Waals surface area contributed by atoms with Crippen LogP contribution in [0.5, 0.6) is 0 Å². The van der Waals surface area contributed by atoms with E-state index in [9.17, 15) is 9.59 Å². The van der Waals surface area contributed by atoms with E-state index in [0.29, 0.717) is 18.7 Å². The van der Waals surface area contributed by atoms with Crippen molar-refractivity contribution in [3.8, 4) is 0 Å². The van der Waals surface area contributed by atoms with E-state index >= 15 is 0 Å². The Morgan fingerprint density at radius 2 is 2.10 bits per heavy atom. The second kappa shape index (κ2) is 5.26. The number of imidazole rings is 1. The van der Waals surface area contributed by atoms with Gasteiger partial charge in [-0.05, 0) is 33.6 Å². The zero-order valence-electron chi connectivity index (χ0n) is 12.4. The lowest BCUT2D eigenvalue weighted by Gasteiger charge is -2.27. The van der Waals surface area contributed by atoms with Crippen LogP contribution in [-0.4, -0.2) is 44.5 Å². The van der Waals surface area contributed by atoms with Crippen LogP contribution >= 0.6 is 0 Å². The van der Waals surface area contributed by atoms with E-state index in [1.54, 1.807) is 29.0 Å². The van der Waals surface area contributed by atoms with Crippen molar-refractivity contribution in [2.45, 2.75) is 45.3 Å². The molecule has 0 saturated carbocycles. The molecule has 1 amide bonds. The Morgan fingerprint density at radius 1 is 1.40 bits per heavy atom. The molecular formula is C14H21N3O3. The predicted molar refractivity (Wildman–Crippen MR) is 73.1 cm³/mol. The molecule has 1 aromatic heterocycles. The first kappa shape index (κ1) is 14.6. The van der Waals surface area contributed by atoms with E-state index in [1.165, 1.54) is 0 Å². The Hall–Kier alpha value is -1.85. The van der Waals surface area contributed by atoms with Crippen LogP contribution in [0.4, 0.5) is 0 Å². The van der Waals surface area contributed by atoms with Crippen molar-refractivity contribution in [1.82, 2.24) is 14.5 Å². The minimum atomic E-state index is -0.542. The molecule has 1 aliphatic heterocycles. The van der Waals surface area contributed by atoms with Crippen molar-refractivity contribution in [2.75, 3.05) is 6.54 Å². The van der Waals surface area contributed by atoms with E-state index in [-0.39, 0.29) is 11.9 Å².